The number of hydrogen-bond donors (Lipinski definition) is 0. The highest BCUT2D eigenvalue weighted by Gasteiger charge is 2.29. The molecule has 3 rings (SSSR count). The molecule has 3 unspecified atom stereocenters. The zero-order valence-electron chi connectivity index (χ0n) is 17.6. The topological polar surface area (TPSA) is 63.2 Å². The summed E-state index contributed by atoms with van der Waals surface area (Å²) in [4.78, 5) is 11.3. The summed E-state index contributed by atoms with van der Waals surface area (Å²) >= 11 is 0. The molecule has 156 valence electrons. The fourth-order valence-electron chi connectivity index (χ4n) is 3.68. The predicted octanol–water partition coefficient (Wildman–Crippen LogP) is 4.40. The number of benzene rings is 2. The first-order valence-corrected chi connectivity index (χ1v) is 9.69. The molecular weight excluding hydrogens is 372 g/mol. The Kier molecular flexibility index (Phi) is 6.52. The Morgan fingerprint density at radius 1 is 0.966 bits per heavy atom. The molecule has 0 radical (unpaired) electrons. The van der Waals surface area contributed by atoms with Crippen LogP contribution in [0.5, 0.6) is 23.0 Å². The summed E-state index contributed by atoms with van der Waals surface area (Å²) in [5.74, 6) is 2.94. The van der Waals surface area contributed by atoms with Gasteiger partial charge in [0.2, 0.25) is 6.79 Å². The minimum atomic E-state index is -0.269. The standard InChI is InChI=1S/C23H28O6/c1-14(12-27-16(3)24)15(2)23(17-6-8-19(25-4)21(10-17)26-5)18-7-9-20-22(11-18)29-13-28-20/h6-11,14-15,23H,12-13H2,1-5H3. The van der Waals surface area contributed by atoms with Crippen LogP contribution in [0.1, 0.15) is 37.8 Å². The van der Waals surface area contributed by atoms with Crippen molar-refractivity contribution >= 4 is 5.97 Å². The van der Waals surface area contributed by atoms with E-state index < -0.39 is 0 Å². The second-order valence-electron chi connectivity index (χ2n) is 7.34. The SMILES string of the molecule is COc1ccc(C(c2ccc3c(c2)OCO3)C(C)C(C)COC(C)=O)cc1OC. The van der Waals surface area contributed by atoms with Gasteiger partial charge in [-0.15, -0.1) is 0 Å². The van der Waals surface area contributed by atoms with Crippen LogP contribution < -0.4 is 18.9 Å². The van der Waals surface area contributed by atoms with Gasteiger partial charge in [-0.2, -0.15) is 0 Å². The maximum absolute atomic E-state index is 11.3. The van der Waals surface area contributed by atoms with Gasteiger partial charge in [-0.05, 0) is 47.2 Å². The number of hydrogen-bond acceptors (Lipinski definition) is 6. The molecule has 6 nitrogen and oxygen atoms in total. The summed E-state index contributed by atoms with van der Waals surface area (Å²) < 4.78 is 27.2. The molecule has 0 N–H and O–H groups in total. The molecule has 0 aromatic heterocycles. The maximum atomic E-state index is 11.3. The van der Waals surface area contributed by atoms with E-state index in [1.807, 2.05) is 30.3 Å². The summed E-state index contributed by atoms with van der Waals surface area (Å²) in [7, 11) is 3.25. The first kappa shape index (κ1) is 20.8. The summed E-state index contributed by atoms with van der Waals surface area (Å²) in [6.07, 6.45) is 0. The van der Waals surface area contributed by atoms with E-state index in [1.54, 1.807) is 14.2 Å². The highest BCUT2D eigenvalue weighted by Crippen LogP contribution is 2.43. The second-order valence-corrected chi connectivity index (χ2v) is 7.34. The molecule has 2 aromatic carbocycles. The van der Waals surface area contributed by atoms with E-state index in [4.69, 9.17) is 23.7 Å². The zero-order valence-corrected chi connectivity index (χ0v) is 17.6. The highest BCUT2D eigenvalue weighted by molar-refractivity contribution is 5.65. The Morgan fingerprint density at radius 3 is 2.31 bits per heavy atom. The van der Waals surface area contributed by atoms with Gasteiger partial charge in [0.25, 0.3) is 0 Å². The molecule has 2 aromatic rings. The molecule has 0 amide bonds. The van der Waals surface area contributed by atoms with Crippen LogP contribution in [0.2, 0.25) is 0 Å². The van der Waals surface area contributed by atoms with Gasteiger partial charge in [0, 0.05) is 12.8 Å². The lowest BCUT2D eigenvalue weighted by molar-refractivity contribution is -0.142. The maximum Gasteiger partial charge on any atom is 0.302 e. The fourth-order valence-corrected chi connectivity index (χ4v) is 3.68. The Balaban J connectivity index is 2.00. The molecule has 1 aliphatic heterocycles. The minimum Gasteiger partial charge on any atom is -0.493 e. The Morgan fingerprint density at radius 2 is 1.62 bits per heavy atom. The number of ether oxygens (including phenoxy) is 5. The van der Waals surface area contributed by atoms with Crippen molar-refractivity contribution in [2.45, 2.75) is 26.7 Å². The smallest absolute Gasteiger partial charge is 0.302 e. The number of carbonyl (C=O) groups is 1. The quantitative estimate of drug-likeness (QED) is 0.612. The van der Waals surface area contributed by atoms with Crippen LogP contribution >= 0.6 is 0 Å². The summed E-state index contributed by atoms with van der Waals surface area (Å²) in [6, 6.07) is 12.0. The van der Waals surface area contributed by atoms with Crippen LogP contribution in [0, 0.1) is 11.8 Å². The minimum absolute atomic E-state index is 0.0369. The van der Waals surface area contributed by atoms with Crippen LogP contribution in [0.4, 0.5) is 0 Å². The molecule has 1 aliphatic rings. The van der Waals surface area contributed by atoms with E-state index in [2.05, 4.69) is 19.9 Å². The van der Waals surface area contributed by atoms with Crippen LogP contribution in [-0.2, 0) is 9.53 Å². The normalized spacial score (nSPS) is 15.3. The predicted molar refractivity (Wildman–Crippen MR) is 109 cm³/mol. The van der Waals surface area contributed by atoms with Gasteiger partial charge < -0.3 is 23.7 Å². The van der Waals surface area contributed by atoms with Crippen molar-refractivity contribution in [3.8, 4) is 23.0 Å². The van der Waals surface area contributed by atoms with Gasteiger partial charge in [0.05, 0.1) is 20.8 Å². The van der Waals surface area contributed by atoms with Gasteiger partial charge in [-0.1, -0.05) is 26.0 Å². The van der Waals surface area contributed by atoms with E-state index in [0.717, 1.165) is 22.6 Å². The van der Waals surface area contributed by atoms with Crippen molar-refractivity contribution in [2.24, 2.45) is 11.8 Å². The Labute approximate surface area is 171 Å². The van der Waals surface area contributed by atoms with Crippen LogP contribution in [0.25, 0.3) is 0 Å². The summed E-state index contributed by atoms with van der Waals surface area (Å²) in [5, 5.41) is 0. The summed E-state index contributed by atoms with van der Waals surface area (Å²) in [5.41, 5.74) is 2.19. The molecule has 0 bridgehead atoms. The first-order valence-electron chi connectivity index (χ1n) is 9.69. The number of esters is 1. The van der Waals surface area contributed by atoms with Gasteiger partial charge >= 0.3 is 5.97 Å². The average Bonchev–Trinajstić information content (AvgIpc) is 3.19. The number of methoxy groups -OCH3 is 2. The van der Waals surface area contributed by atoms with E-state index in [9.17, 15) is 4.79 Å². The van der Waals surface area contributed by atoms with E-state index >= 15 is 0 Å². The summed E-state index contributed by atoms with van der Waals surface area (Å²) in [6.45, 7) is 6.29. The molecule has 0 fully saturated rings. The lowest BCUT2D eigenvalue weighted by Gasteiger charge is -2.30. The van der Waals surface area contributed by atoms with E-state index in [-0.39, 0.29) is 30.5 Å². The molecule has 0 saturated heterocycles. The van der Waals surface area contributed by atoms with E-state index in [0.29, 0.717) is 18.1 Å². The van der Waals surface area contributed by atoms with Crippen molar-refractivity contribution in [3.05, 3.63) is 47.5 Å². The van der Waals surface area contributed by atoms with Gasteiger partial charge in [0.1, 0.15) is 0 Å². The van der Waals surface area contributed by atoms with Crippen LogP contribution in [0.3, 0.4) is 0 Å². The van der Waals surface area contributed by atoms with Crippen molar-refractivity contribution in [1.29, 1.82) is 0 Å². The monoisotopic (exact) mass is 400 g/mol. The van der Waals surface area contributed by atoms with Crippen molar-refractivity contribution in [2.75, 3.05) is 27.6 Å². The van der Waals surface area contributed by atoms with Gasteiger partial charge in [-0.3, -0.25) is 4.79 Å². The van der Waals surface area contributed by atoms with Gasteiger partial charge in [-0.25, -0.2) is 0 Å². The molecule has 0 spiro atoms. The molecule has 1 heterocycles. The van der Waals surface area contributed by atoms with Gasteiger partial charge in [0.15, 0.2) is 23.0 Å². The second kappa shape index (κ2) is 9.07. The number of carbonyl (C=O) groups excluding carboxylic acids is 1. The third-order valence-corrected chi connectivity index (χ3v) is 5.50. The van der Waals surface area contributed by atoms with Crippen LogP contribution in [0.15, 0.2) is 36.4 Å². The van der Waals surface area contributed by atoms with E-state index in [1.165, 1.54) is 6.92 Å². The highest BCUT2D eigenvalue weighted by atomic mass is 16.7. The lowest BCUT2D eigenvalue weighted by Crippen LogP contribution is -2.23. The fraction of sp³-hybridized carbons (Fsp3) is 0.435. The molecular formula is C23H28O6. The number of rotatable bonds is 8. The lowest BCUT2D eigenvalue weighted by atomic mass is 9.76. The van der Waals surface area contributed by atoms with Crippen molar-refractivity contribution < 1.29 is 28.5 Å². The number of fused-ring (bicyclic) bond motifs is 1. The molecule has 6 heteroatoms. The first-order chi connectivity index (χ1) is 13.9. The molecule has 3 atom stereocenters. The Bertz CT molecular complexity index is 862. The largest absolute Gasteiger partial charge is 0.493 e. The Hall–Kier alpha value is -2.89. The van der Waals surface area contributed by atoms with Crippen LogP contribution in [-0.4, -0.2) is 33.6 Å². The van der Waals surface area contributed by atoms with Crippen molar-refractivity contribution in [3.63, 3.8) is 0 Å². The average molecular weight is 400 g/mol. The third kappa shape index (κ3) is 4.58. The molecule has 0 saturated carbocycles. The molecule has 29 heavy (non-hydrogen) atoms. The third-order valence-electron chi connectivity index (χ3n) is 5.50. The zero-order chi connectivity index (χ0) is 21.0. The van der Waals surface area contributed by atoms with Crippen molar-refractivity contribution in [1.82, 2.24) is 0 Å². The molecule has 0 aliphatic carbocycles.